The molecule has 1 rings (SSSR count). The fourth-order valence-electron chi connectivity index (χ4n) is 3.36. The molecule has 1 aliphatic heterocycles. The Kier molecular flexibility index (Phi) is 14.9. The highest BCUT2D eigenvalue weighted by Crippen LogP contribution is 2.26. The van der Waals surface area contributed by atoms with Crippen LogP contribution in [0.1, 0.15) is 97.3 Å². The Morgan fingerprint density at radius 1 is 0.759 bits per heavy atom. The van der Waals surface area contributed by atoms with E-state index in [0.717, 1.165) is 19.3 Å². The van der Waals surface area contributed by atoms with Gasteiger partial charge in [-0.25, -0.2) is 0 Å². The van der Waals surface area contributed by atoms with E-state index in [4.69, 9.17) is 18.9 Å². The number of esters is 2. The summed E-state index contributed by atoms with van der Waals surface area (Å²) in [5.41, 5.74) is -0.274. The third-order valence-corrected chi connectivity index (χ3v) is 5.57. The summed E-state index contributed by atoms with van der Waals surface area (Å²) in [5.74, 6) is -0.702. The van der Waals surface area contributed by atoms with E-state index >= 15 is 0 Å². The molecule has 0 aromatic rings. The van der Waals surface area contributed by atoms with Crippen LogP contribution in [0.25, 0.3) is 0 Å². The van der Waals surface area contributed by atoms with Gasteiger partial charge < -0.3 is 18.9 Å². The van der Waals surface area contributed by atoms with Gasteiger partial charge in [-0.05, 0) is 12.8 Å². The topological polar surface area (TPSA) is 71.1 Å². The molecule has 0 unspecified atom stereocenters. The first-order chi connectivity index (χ1) is 14.1. The Balaban J connectivity index is 1.95. The molecule has 0 aromatic carbocycles. The van der Waals surface area contributed by atoms with Gasteiger partial charge in [-0.3, -0.25) is 9.59 Å². The molecule has 1 saturated heterocycles. The summed E-state index contributed by atoms with van der Waals surface area (Å²) < 4.78 is 21.2. The standard InChI is InChI=1S/C23H42O6/c1-3-5-6-7-8-9-10-11-12-13-16-28-21(24)14-15-22(25)29-19-23(4-2)17-26-20-27-18-23/h3-20H2,1-2H3. The van der Waals surface area contributed by atoms with E-state index in [2.05, 4.69) is 6.92 Å². The molecule has 6 nitrogen and oxygen atoms in total. The maximum absolute atomic E-state index is 11.9. The number of hydrogen-bond donors (Lipinski definition) is 0. The summed E-state index contributed by atoms with van der Waals surface area (Å²) in [6, 6.07) is 0. The van der Waals surface area contributed by atoms with Crippen LogP contribution in [0.3, 0.4) is 0 Å². The lowest BCUT2D eigenvalue weighted by Crippen LogP contribution is -2.41. The van der Waals surface area contributed by atoms with Crippen LogP contribution in [0, 0.1) is 5.41 Å². The molecule has 1 fully saturated rings. The van der Waals surface area contributed by atoms with Crippen molar-refractivity contribution in [3.05, 3.63) is 0 Å². The third kappa shape index (κ3) is 12.9. The number of carbonyl (C=O) groups excluding carboxylic acids is 2. The monoisotopic (exact) mass is 414 g/mol. The summed E-state index contributed by atoms with van der Waals surface area (Å²) in [7, 11) is 0. The van der Waals surface area contributed by atoms with Crippen molar-refractivity contribution in [2.75, 3.05) is 33.2 Å². The predicted molar refractivity (Wildman–Crippen MR) is 112 cm³/mol. The van der Waals surface area contributed by atoms with Gasteiger partial charge >= 0.3 is 11.9 Å². The van der Waals surface area contributed by atoms with Gasteiger partial charge in [-0.1, -0.05) is 71.6 Å². The van der Waals surface area contributed by atoms with Gasteiger partial charge in [-0.2, -0.15) is 0 Å². The van der Waals surface area contributed by atoms with E-state index in [1.165, 1.54) is 51.4 Å². The SMILES string of the molecule is CCCCCCCCCCCCOC(=O)CCC(=O)OCC1(CC)COCOC1. The first-order valence-electron chi connectivity index (χ1n) is 11.6. The second-order valence-electron chi connectivity index (χ2n) is 8.23. The highest BCUT2D eigenvalue weighted by atomic mass is 16.7. The molecule has 1 heterocycles. The van der Waals surface area contributed by atoms with Crippen LogP contribution in [0.5, 0.6) is 0 Å². The Labute approximate surface area is 177 Å². The minimum Gasteiger partial charge on any atom is -0.466 e. The number of rotatable bonds is 17. The van der Waals surface area contributed by atoms with Gasteiger partial charge in [-0.15, -0.1) is 0 Å². The van der Waals surface area contributed by atoms with Crippen molar-refractivity contribution in [2.24, 2.45) is 5.41 Å². The average Bonchev–Trinajstić information content (AvgIpc) is 2.75. The van der Waals surface area contributed by atoms with Crippen molar-refractivity contribution in [1.82, 2.24) is 0 Å². The van der Waals surface area contributed by atoms with Crippen LogP contribution in [0.15, 0.2) is 0 Å². The van der Waals surface area contributed by atoms with E-state index < -0.39 is 0 Å². The summed E-state index contributed by atoms with van der Waals surface area (Å²) in [4.78, 5) is 23.7. The van der Waals surface area contributed by atoms with E-state index in [0.29, 0.717) is 26.6 Å². The maximum atomic E-state index is 11.9. The fourth-order valence-corrected chi connectivity index (χ4v) is 3.36. The van der Waals surface area contributed by atoms with Crippen LogP contribution in [0.4, 0.5) is 0 Å². The third-order valence-electron chi connectivity index (χ3n) is 5.57. The summed E-state index contributed by atoms with van der Waals surface area (Å²) in [6.45, 7) is 6.31. The van der Waals surface area contributed by atoms with Gasteiger partial charge in [0, 0.05) is 0 Å². The average molecular weight is 415 g/mol. The molecule has 0 radical (unpaired) electrons. The first kappa shape index (κ1) is 25.9. The molecule has 29 heavy (non-hydrogen) atoms. The molecular weight excluding hydrogens is 372 g/mol. The lowest BCUT2D eigenvalue weighted by Gasteiger charge is -2.35. The molecule has 6 heteroatoms. The zero-order valence-corrected chi connectivity index (χ0v) is 18.7. The summed E-state index contributed by atoms with van der Waals surface area (Å²) in [6.07, 6.45) is 13.4. The minimum atomic E-state index is -0.376. The Morgan fingerprint density at radius 3 is 1.83 bits per heavy atom. The first-order valence-corrected chi connectivity index (χ1v) is 11.6. The largest absolute Gasteiger partial charge is 0.466 e. The van der Waals surface area contributed by atoms with Gasteiger partial charge in [0.15, 0.2) is 0 Å². The van der Waals surface area contributed by atoms with Crippen molar-refractivity contribution in [3.8, 4) is 0 Å². The number of hydrogen-bond acceptors (Lipinski definition) is 6. The van der Waals surface area contributed by atoms with E-state index in [1.807, 2.05) is 6.92 Å². The normalized spacial score (nSPS) is 15.8. The second kappa shape index (κ2) is 16.6. The van der Waals surface area contributed by atoms with Crippen LogP contribution in [-0.2, 0) is 28.5 Å². The molecule has 0 aliphatic carbocycles. The van der Waals surface area contributed by atoms with Gasteiger partial charge in [0.1, 0.15) is 13.4 Å². The van der Waals surface area contributed by atoms with Crippen molar-refractivity contribution < 1.29 is 28.5 Å². The minimum absolute atomic E-state index is 0.0539. The molecule has 0 amide bonds. The molecule has 1 aliphatic rings. The smallest absolute Gasteiger partial charge is 0.306 e. The highest BCUT2D eigenvalue weighted by molar-refractivity contribution is 5.77. The molecule has 0 saturated carbocycles. The van der Waals surface area contributed by atoms with Gasteiger partial charge in [0.2, 0.25) is 0 Å². The van der Waals surface area contributed by atoms with Crippen molar-refractivity contribution in [2.45, 2.75) is 97.3 Å². The lowest BCUT2D eigenvalue weighted by atomic mass is 9.87. The van der Waals surface area contributed by atoms with Crippen LogP contribution in [0.2, 0.25) is 0 Å². The zero-order valence-electron chi connectivity index (χ0n) is 18.7. The molecule has 0 spiro atoms. The van der Waals surface area contributed by atoms with Crippen LogP contribution >= 0.6 is 0 Å². The zero-order chi connectivity index (χ0) is 21.2. The lowest BCUT2D eigenvalue weighted by molar-refractivity contribution is -0.187. The van der Waals surface area contributed by atoms with E-state index in [9.17, 15) is 9.59 Å². The van der Waals surface area contributed by atoms with Crippen LogP contribution < -0.4 is 0 Å². The Morgan fingerprint density at radius 2 is 1.28 bits per heavy atom. The quantitative estimate of drug-likeness (QED) is 0.241. The number of ether oxygens (including phenoxy) is 4. The summed E-state index contributed by atoms with van der Waals surface area (Å²) in [5, 5.41) is 0. The molecule has 0 aromatic heterocycles. The van der Waals surface area contributed by atoms with Crippen LogP contribution in [-0.4, -0.2) is 45.2 Å². The predicted octanol–water partition coefficient (Wildman–Crippen LogP) is 5.17. The van der Waals surface area contributed by atoms with Gasteiger partial charge in [0.25, 0.3) is 0 Å². The van der Waals surface area contributed by atoms with E-state index in [-0.39, 0.29) is 36.8 Å². The molecule has 0 atom stereocenters. The Hall–Kier alpha value is -1.14. The molecule has 170 valence electrons. The van der Waals surface area contributed by atoms with Crippen molar-refractivity contribution >= 4 is 11.9 Å². The second-order valence-corrected chi connectivity index (χ2v) is 8.23. The van der Waals surface area contributed by atoms with Crippen molar-refractivity contribution in [3.63, 3.8) is 0 Å². The highest BCUT2D eigenvalue weighted by Gasteiger charge is 2.33. The van der Waals surface area contributed by atoms with E-state index in [1.54, 1.807) is 0 Å². The molecular formula is C23H42O6. The number of unbranched alkanes of at least 4 members (excludes halogenated alkanes) is 9. The Bertz CT molecular complexity index is 431. The van der Waals surface area contributed by atoms with Crippen molar-refractivity contribution in [1.29, 1.82) is 0 Å². The maximum Gasteiger partial charge on any atom is 0.306 e. The fraction of sp³-hybridized carbons (Fsp3) is 0.913. The molecule has 0 bridgehead atoms. The van der Waals surface area contributed by atoms with Gasteiger partial charge in [0.05, 0.1) is 38.1 Å². The number of carbonyl (C=O) groups is 2. The molecule has 0 N–H and O–H groups in total. The summed E-state index contributed by atoms with van der Waals surface area (Å²) >= 11 is 0.